The maximum atomic E-state index is 12.8. The van der Waals surface area contributed by atoms with Crippen LogP contribution in [0.4, 0.5) is 10.5 Å². The third kappa shape index (κ3) is 5.67. The number of ether oxygens (including phenoxy) is 1. The Bertz CT molecular complexity index is 640. The molecule has 2 aliphatic heterocycles. The Morgan fingerprint density at radius 2 is 1.68 bits per heavy atom. The summed E-state index contributed by atoms with van der Waals surface area (Å²) in [4.78, 5) is 41.3. The van der Waals surface area contributed by atoms with Gasteiger partial charge in [-0.05, 0) is 12.1 Å². The van der Waals surface area contributed by atoms with Gasteiger partial charge in [0, 0.05) is 45.0 Å². The number of morpholine rings is 1. The average molecular weight is 389 g/mol. The minimum Gasteiger partial charge on any atom is -0.378 e. The molecule has 1 aromatic carbocycles. The third-order valence-electron chi connectivity index (χ3n) is 4.80. The largest absolute Gasteiger partial charge is 0.378 e. The van der Waals surface area contributed by atoms with E-state index in [1.54, 1.807) is 21.9 Å². The lowest BCUT2D eigenvalue weighted by Gasteiger charge is -2.31. The Morgan fingerprint density at radius 3 is 2.36 bits per heavy atom. The quantitative estimate of drug-likeness (QED) is 0.650. The Morgan fingerprint density at radius 1 is 1.00 bits per heavy atom. The SMILES string of the molecule is O=C(Nc1ccccc1)C(CC(=O)N1CCNCC1)NC(=O)N1CCOCC1. The molecule has 2 fully saturated rings. The van der Waals surface area contributed by atoms with E-state index in [1.165, 1.54) is 0 Å². The highest BCUT2D eigenvalue weighted by Gasteiger charge is 2.29. The molecule has 28 heavy (non-hydrogen) atoms. The smallest absolute Gasteiger partial charge is 0.318 e. The fourth-order valence-electron chi connectivity index (χ4n) is 3.18. The van der Waals surface area contributed by atoms with Gasteiger partial charge in [0.2, 0.25) is 11.8 Å². The molecular weight excluding hydrogens is 362 g/mol. The first kappa shape index (κ1) is 20.1. The highest BCUT2D eigenvalue weighted by atomic mass is 16.5. The number of rotatable bonds is 5. The zero-order chi connectivity index (χ0) is 19.8. The van der Waals surface area contributed by atoms with Crippen LogP contribution < -0.4 is 16.0 Å². The predicted octanol–water partition coefficient (Wildman–Crippen LogP) is -0.143. The molecule has 9 heteroatoms. The molecule has 3 rings (SSSR count). The van der Waals surface area contributed by atoms with Gasteiger partial charge >= 0.3 is 6.03 Å². The topological polar surface area (TPSA) is 103 Å². The van der Waals surface area contributed by atoms with Crippen LogP contribution in [-0.4, -0.2) is 86.2 Å². The van der Waals surface area contributed by atoms with Gasteiger partial charge in [0.1, 0.15) is 6.04 Å². The summed E-state index contributed by atoms with van der Waals surface area (Å²) in [5, 5.41) is 8.70. The predicted molar refractivity (Wildman–Crippen MR) is 104 cm³/mol. The lowest BCUT2D eigenvalue weighted by Crippen LogP contribution is -2.54. The number of anilines is 1. The van der Waals surface area contributed by atoms with Crippen molar-refractivity contribution in [3.05, 3.63) is 30.3 Å². The van der Waals surface area contributed by atoms with Crippen LogP contribution in [0.1, 0.15) is 6.42 Å². The van der Waals surface area contributed by atoms with Crippen molar-refractivity contribution in [3.63, 3.8) is 0 Å². The standard InChI is InChI=1S/C19H27N5O4/c25-17(23-8-6-20-7-9-23)14-16(18(26)21-15-4-2-1-3-5-15)22-19(27)24-10-12-28-13-11-24/h1-5,16,20H,6-14H2,(H,21,26)(H,22,27). The zero-order valence-electron chi connectivity index (χ0n) is 15.9. The van der Waals surface area contributed by atoms with E-state index in [4.69, 9.17) is 4.74 Å². The molecule has 2 saturated heterocycles. The summed E-state index contributed by atoms with van der Waals surface area (Å²) in [6.07, 6.45) is -0.0747. The van der Waals surface area contributed by atoms with Gasteiger partial charge in [0.15, 0.2) is 0 Å². The van der Waals surface area contributed by atoms with Gasteiger partial charge in [-0.3, -0.25) is 9.59 Å². The summed E-state index contributed by atoms with van der Waals surface area (Å²) in [5.41, 5.74) is 0.618. The maximum absolute atomic E-state index is 12.8. The molecule has 152 valence electrons. The molecule has 0 spiro atoms. The van der Waals surface area contributed by atoms with E-state index >= 15 is 0 Å². The van der Waals surface area contributed by atoms with Crippen molar-refractivity contribution in [1.82, 2.24) is 20.4 Å². The molecule has 0 saturated carbocycles. The van der Waals surface area contributed by atoms with Gasteiger partial charge in [0.25, 0.3) is 0 Å². The second-order valence-electron chi connectivity index (χ2n) is 6.79. The Balaban J connectivity index is 1.65. The molecular formula is C19H27N5O4. The lowest BCUT2D eigenvalue weighted by molar-refractivity contribution is -0.134. The fourth-order valence-corrected chi connectivity index (χ4v) is 3.18. The van der Waals surface area contributed by atoms with Crippen molar-refractivity contribution in [3.8, 4) is 0 Å². The number of amides is 4. The molecule has 4 amide bonds. The van der Waals surface area contributed by atoms with Crippen LogP contribution in [0.5, 0.6) is 0 Å². The van der Waals surface area contributed by atoms with E-state index in [2.05, 4.69) is 16.0 Å². The molecule has 0 bridgehead atoms. The van der Waals surface area contributed by atoms with Gasteiger partial charge in [-0.2, -0.15) is 0 Å². The summed E-state index contributed by atoms with van der Waals surface area (Å²) in [6, 6.07) is 7.68. The fraction of sp³-hybridized carbons (Fsp3) is 0.526. The van der Waals surface area contributed by atoms with Crippen LogP contribution in [0.25, 0.3) is 0 Å². The summed E-state index contributed by atoms with van der Waals surface area (Å²) >= 11 is 0. The van der Waals surface area contributed by atoms with Crippen molar-refractivity contribution < 1.29 is 19.1 Å². The molecule has 9 nitrogen and oxygen atoms in total. The van der Waals surface area contributed by atoms with E-state index in [0.29, 0.717) is 45.1 Å². The number of urea groups is 1. The number of carbonyl (C=O) groups excluding carboxylic acids is 3. The van der Waals surface area contributed by atoms with Crippen molar-refractivity contribution in [1.29, 1.82) is 0 Å². The van der Waals surface area contributed by atoms with Crippen LogP contribution in [0.3, 0.4) is 0 Å². The lowest BCUT2D eigenvalue weighted by atomic mass is 10.1. The molecule has 0 radical (unpaired) electrons. The van der Waals surface area contributed by atoms with Crippen molar-refractivity contribution >= 4 is 23.5 Å². The first-order chi connectivity index (χ1) is 13.6. The van der Waals surface area contributed by atoms with Gasteiger partial charge in [-0.15, -0.1) is 0 Å². The molecule has 2 aliphatic rings. The molecule has 1 aromatic rings. The Labute approximate surface area is 164 Å². The summed E-state index contributed by atoms with van der Waals surface area (Å²) in [6.45, 7) is 4.52. The number of carbonyl (C=O) groups is 3. The summed E-state index contributed by atoms with van der Waals surface area (Å²) in [5.74, 6) is -0.548. The van der Waals surface area contributed by atoms with E-state index in [9.17, 15) is 14.4 Å². The van der Waals surface area contributed by atoms with Gasteiger partial charge < -0.3 is 30.5 Å². The number of nitrogens with one attached hydrogen (secondary N) is 3. The number of hydrogen-bond acceptors (Lipinski definition) is 5. The maximum Gasteiger partial charge on any atom is 0.318 e. The molecule has 3 N–H and O–H groups in total. The first-order valence-corrected chi connectivity index (χ1v) is 9.61. The normalized spacial score (nSPS) is 18.3. The van der Waals surface area contributed by atoms with E-state index in [1.807, 2.05) is 18.2 Å². The minimum absolute atomic E-state index is 0.0747. The number of benzene rings is 1. The number of para-hydroxylation sites is 1. The summed E-state index contributed by atoms with van der Waals surface area (Å²) < 4.78 is 5.26. The number of piperazine rings is 1. The summed E-state index contributed by atoms with van der Waals surface area (Å²) in [7, 11) is 0. The number of nitrogens with zero attached hydrogens (tertiary/aromatic N) is 2. The van der Waals surface area contributed by atoms with E-state index in [0.717, 1.165) is 13.1 Å². The minimum atomic E-state index is -0.946. The first-order valence-electron chi connectivity index (χ1n) is 9.61. The highest BCUT2D eigenvalue weighted by molar-refractivity contribution is 5.99. The van der Waals surface area contributed by atoms with Crippen molar-refractivity contribution in [2.24, 2.45) is 0 Å². The van der Waals surface area contributed by atoms with Gasteiger partial charge in [-0.1, -0.05) is 18.2 Å². The Kier molecular flexibility index (Phi) is 7.21. The number of hydrogen-bond donors (Lipinski definition) is 3. The molecule has 1 atom stereocenters. The zero-order valence-corrected chi connectivity index (χ0v) is 15.9. The molecule has 0 aliphatic carbocycles. The van der Waals surface area contributed by atoms with Crippen LogP contribution in [0.2, 0.25) is 0 Å². The van der Waals surface area contributed by atoms with Crippen molar-refractivity contribution in [2.75, 3.05) is 57.8 Å². The molecule has 1 unspecified atom stereocenters. The van der Waals surface area contributed by atoms with Gasteiger partial charge in [0.05, 0.1) is 19.6 Å². The molecule has 2 heterocycles. The highest BCUT2D eigenvalue weighted by Crippen LogP contribution is 2.09. The average Bonchev–Trinajstić information content (AvgIpc) is 2.75. The second kappa shape index (κ2) is 10.0. The van der Waals surface area contributed by atoms with Gasteiger partial charge in [-0.25, -0.2) is 4.79 Å². The second-order valence-corrected chi connectivity index (χ2v) is 6.79. The van der Waals surface area contributed by atoms with Crippen LogP contribution >= 0.6 is 0 Å². The van der Waals surface area contributed by atoms with E-state index in [-0.39, 0.29) is 18.4 Å². The third-order valence-corrected chi connectivity index (χ3v) is 4.80. The van der Waals surface area contributed by atoms with Crippen LogP contribution in [-0.2, 0) is 14.3 Å². The van der Waals surface area contributed by atoms with Crippen LogP contribution in [0.15, 0.2) is 30.3 Å². The van der Waals surface area contributed by atoms with Crippen LogP contribution in [0, 0.1) is 0 Å². The Hall–Kier alpha value is -2.65. The monoisotopic (exact) mass is 389 g/mol. The van der Waals surface area contributed by atoms with E-state index < -0.39 is 11.9 Å². The van der Waals surface area contributed by atoms with Crippen molar-refractivity contribution in [2.45, 2.75) is 12.5 Å². The molecule has 0 aromatic heterocycles.